The number of ether oxygens (including phenoxy) is 4. The van der Waals surface area contributed by atoms with Crippen LogP contribution in [0.2, 0.25) is 0 Å². The number of hydrogen-bond donors (Lipinski definition) is 0. The molecule has 1 aromatic carbocycles. The molecule has 2 heterocycles. The first-order chi connectivity index (χ1) is 8.22. The third-order valence-corrected chi connectivity index (χ3v) is 3.11. The Morgan fingerprint density at radius 2 is 2.06 bits per heavy atom. The maximum Gasteiger partial charge on any atom is 0.309 e. The summed E-state index contributed by atoms with van der Waals surface area (Å²) in [6.45, 7) is 0. The van der Waals surface area contributed by atoms with Gasteiger partial charge < -0.3 is 18.9 Å². The van der Waals surface area contributed by atoms with E-state index in [1.807, 2.05) is 0 Å². The molecular formula is C12H12O5. The van der Waals surface area contributed by atoms with E-state index in [1.165, 1.54) is 0 Å². The van der Waals surface area contributed by atoms with Gasteiger partial charge in [-0.25, -0.2) is 0 Å². The van der Waals surface area contributed by atoms with Crippen molar-refractivity contribution in [1.82, 2.24) is 0 Å². The molecule has 0 bridgehead atoms. The van der Waals surface area contributed by atoms with E-state index in [-0.39, 0.29) is 11.9 Å². The average molecular weight is 236 g/mol. The van der Waals surface area contributed by atoms with E-state index in [1.54, 1.807) is 26.4 Å². The molecule has 2 aliphatic rings. The molecule has 1 fully saturated rings. The zero-order valence-corrected chi connectivity index (χ0v) is 9.56. The van der Waals surface area contributed by atoms with E-state index in [9.17, 15) is 4.79 Å². The van der Waals surface area contributed by atoms with Crippen LogP contribution >= 0.6 is 0 Å². The summed E-state index contributed by atoms with van der Waals surface area (Å²) in [6.07, 6.45) is -0.182. The number of rotatable bonds is 2. The standard InChI is InChI=1S/C12H12O5/c1-14-6-3-8(15-2)11-7-5-10(13)17-12(7)16-9(11)4-6/h3-4,7,12H,5H2,1-2H3/t7-,12+/m0/s1. The lowest BCUT2D eigenvalue weighted by Gasteiger charge is -2.10. The highest BCUT2D eigenvalue weighted by atomic mass is 16.7. The van der Waals surface area contributed by atoms with Crippen molar-refractivity contribution < 1.29 is 23.7 Å². The Kier molecular flexibility index (Phi) is 2.14. The molecule has 0 N–H and O–H groups in total. The number of methoxy groups -OCH3 is 2. The van der Waals surface area contributed by atoms with Gasteiger partial charge in [0.1, 0.15) is 17.2 Å². The molecule has 0 radical (unpaired) electrons. The van der Waals surface area contributed by atoms with Gasteiger partial charge in [0.05, 0.1) is 26.6 Å². The zero-order chi connectivity index (χ0) is 12.0. The molecule has 0 aromatic heterocycles. The number of benzene rings is 1. The van der Waals surface area contributed by atoms with Crippen LogP contribution in [0.15, 0.2) is 12.1 Å². The van der Waals surface area contributed by atoms with E-state index in [0.29, 0.717) is 23.7 Å². The second-order valence-corrected chi connectivity index (χ2v) is 4.03. The smallest absolute Gasteiger partial charge is 0.309 e. The summed E-state index contributed by atoms with van der Waals surface area (Å²) in [5.41, 5.74) is 0.893. The molecule has 0 spiro atoms. The molecular weight excluding hydrogens is 224 g/mol. The molecule has 90 valence electrons. The molecule has 2 aliphatic heterocycles. The van der Waals surface area contributed by atoms with Crippen LogP contribution in [0.1, 0.15) is 17.9 Å². The number of carbonyl (C=O) groups is 1. The third-order valence-electron chi connectivity index (χ3n) is 3.11. The van der Waals surface area contributed by atoms with Crippen LogP contribution in [0.5, 0.6) is 17.2 Å². The minimum atomic E-state index is -0.515. The predicted molar refractivity (Wildman–Crippen MR) is 57.4 cm³/mol. The first kappa shape index (κ1) is 10.3. The van der Waals surface area contributed by atoms with Crippen molar-refractivity contribution in [3.8, 4) is 17.2 Å². The highest BCUT2D eigenvalue weighted by Crippen LogP contribution is 2.50. The van der Waals surface area contributed by atoms with Gasteiger partial charge in [-0.3, -0.25) is 4.79 Å². The summed E-state index contributed by atoms with van der Waals surface area (Å²) in [5, 5.41) is 0. The van der Waals surface area contributed by atoms with Gasteiger partial charge in [0, 0.05) is 17.7 Å². The highest BCUT2D eigenvalue weighted by Gasteiger charge is 2.46. The van der Waals surface area contributed by atoms with Crippen molar-refractivity contribution in [3.05, 3.63) is 17.7 Å². The van der Waals surface area contributed by atoms with Crippen LogP contribution < -0.4 is 14.2 Å². The Balaban J connectivity index is 2.08. The lowest BCUT2D eigenvalue weighted by Crippen LogP contribution is -2.14. The SMILES string of the molecule is COc1cc(OC)c2c(c1)O[C@@H]1OC(=O)C[C@@H]21. The molecule has 1 aromatic rings. The van der Waals surface area contributed by atoms with Gasteiger partial charge >= 0.3 is 5.97 Å². The molecule has 0 saturated carbocycles. The molecule has 17 heavy (non-hydrogen) atoms. The molecule has 5 heteroatoms. The van der Waals surface area contributed by atoms with E-state index in [0.717, 1.165) is 5.56 Å². The fraction of sp³-hybridized carbons (Fsp3) is 0.417. The van der Waals surface area contributed by atoms with Crippen molar-refractivity contribution in [2.75, 3.05) is 14.2 Å². The maximum atomic E-state index is 11.2. The minimum Gasteiger partial charge on any atom is -0.496 e. The van der Waals surface area contributed by atoms with Gasteiger partial charge in [-0.2, -0.15) is 0 Å². The summed E-state index contributed by atoms with van der Waals surface area (Å²) < 4.78 is 21.1. The molecule has 2 atom stereocenters. The molecule has 0 aliphatic carbocycles. The van der Waals surface area contributed by atoms with Crippen molar-refractivity contribution in [1.29, 1.82) is 0 Å². The van der Waals surface area contributed by atoms with E-state index in [2.05, 4.69) is 0 Å². The first-order valence-electron chi connectivity index (χ1n) is 5.35. The Morgan fingerprint density at radius 3 is 2.76 bits per heavy atom. The summed E-state index contributed by atoms with van der Waals surface area (Å²) >= 11 is 0. The first-order valence-corrected chi connectivity index (χ1v) is 5.35. The van der Waals surface area contributed by atoms with Gasteiger partial charge in [0.15, 0.2) is 0 Å². The summed E-state index contributed by atoms with van der Waals surface area (Å²) in [6, 6.07) is 3.57. The van der Waals surface area contributed by atoms with Crippen molar-refractivity contribution in [2.45, 2.75) is 18.6 Å². The van der Waals surface area contributed by atoms with Crippen LogP contribution in [-0.4, -0.2) is 26.5 Å². The van der Waals surface area contributed by atoms with E-state index in [4.69, 9.17) is 18.9 Å². The molecule has 0 amide bonds. The fourth-order valence-electron chi connectivity index (χ4n) is 2.33. The van der Waals surface area contributed by atoms with Gasteiger partial charge in [-0.15, -0.1) is 0 Å². The number of esters is 1. The topological polar surface area (TPSA) is 54.0 Å². The van der Waals surface area contributed by atoms with Crippen molar-refractivity contribution >= 4 is 5.97 Å². The van der Waals surface area contributed by atoms with Gasteiger partial charge in [-0.05, 0) is 0 Å². The molecule has 5 nitrogen and oxygen atoms in total. The zero-order valence-electron chi connectivity index (χ0n) is 9.56. The fourth-order valence-corrected chi connectivity index (χ4v) is 2.33. The van der Waals surface area contributed by atoms with E-state index < -0.39 is 6.29 Å². The lowest BCUT2D eigenvalue weighted by atomic mass is 9.97. The summed E-state index contributed by atoms with van der Waals surface area (Å²) in [5.74, 6) is 1.70. The van der Waals surface area contributed by atoms with E-state index >= 15 is 0 Å². The number of fused-ring (bicyclic) bond motifs is 3. The lowest BCUT2D eigenvalue weighted by molar-refractivity contribution is -0.150. The largest absolute Gasteiger partial charge is 0.496 e. The van der Waals surface area contributed by atoms with Crippen LogP contribution in [-0.2, 0) is 9.53 Å². The Hall–Kier alpha value is -1.91. The highest BCUT2D eigenvalue weighted by molar-refractivity contribution is 5.75. The predicted octanol–water partition coefficient (Wildman–Crippen LogP) is 1.45. The van der Waals surface area contributed by atoms with Gasteiger partial charge in [0.2, 0.25) is 0 Å². The minimum absolute atomic E-state index is 0.0710. The summed E-state index contributed by atoms with van der Waals surface area (Å²) in [7, 11) is 3.16. The molecule has 1 saturated heterocycles. The van der Waals surface area contributed by atoms with Crippen LogP contribution in [0, 0.1) is 0 Å². The monoisotopic (exact) mass is 236 g/mol. The second kappa shape index (κ2) is 3.55. The second-order valence-electron chi connectivity index (χ2n) is 4.03. The number of carbonyl (C=O) groups excluding carboxylic acids is 1. The van der Waals surface area contributed by atoms with Crippen LogP contribution in [0.25, 0.3) is 0 Å². The normalized spacial score (nSPS) is 24.7. The quantitative estimate of drug-likeness (QED) is 0.727. The van der Waals surface area contributed by atoms with Gasteiger partial charge in [0.25, 0.3) is 6.29 Å². The van der Waals surface area contributed by atoms with Crippen molar-refractivity contribution in [3.63, 3.8) is 0 Å². The maximum absolute atomic E-state index is 11.2. The molecule has 0 unspecified atom stereocenters. The molecule has 3 rings (SSSR count). The summed E-state index contributed by atoms with van der Waals surface area (Å²) in [4.78, 5) is 11.2. The average Bonchev–Trinajstić information content (AvgIpc) is 2.82. The Bertz CT molecular complexity index is 482. The number of hydrogen-bond acceptors (Lipinski definition) is 5. The van der Waals surface area contributed by atoms with Crippen LogP contribution in [0.3, 0.4) is 0 Å². The van der Waals surface area contributed by atoms with Crippen molar-refractivity contribution in [2.24, 2.45) is 0 Å². The third kappa shape index (κ3) is 1.42. The van der Waals surface area contributed by atoms with Gasteiger partial charge in [-0.1, -0.05) is 0 Å². The Morgan fingerprint density at radius 1 is 1.24 bits per heavy atom. The Labute approximate surface area is 98.2 Å². The van der Waals surface area contributed by atoms with Crippen LogP contribution in [0.4, 0.5) is 0 Å².